The molecule has 1 atom stereocenters. The summed E-state index contributed by atoms with van der Waals surface area (Å²) in [7, 11) is 0. The van der Waals surface area contributed by atoms with Gasteiger partial charge in [0.2, 0.25) is 5.91 Å². The number of carbonyl (C=O) groups excluding carboxylic acids is 2. The van der Waals surface area contributed by atoms with Crippen LogP contribution in [0.15, 0.2) is 47.1 Å². The molecule has 3 rings (SSSR count). The Hall–Kier alpha value is -2.76. The first-order valence-electron chi connectivity index (χ1n) is 9.64. The monoisotopic (exact) mass is 369 g/mol. The van der Waals surface area contributed by atoms with Gasteiger partial charge >= 0.3 is 0 Å². The van der Waals surface area contributed by atoms with E-state index in [1.807, 2.05) is 24.3 Å². The maximum atomic E-state index is 12.8. The normalized spacial score (nSPS) is 16.8. The number of furan rings is 1. The Labute approximate surface area is 160 Å². The molecule has 1 aliphatic rings. The zero-order chi connectivity index (χ0) is 19.2. The van der Waals surface area contributed by atoms with E-state index in [9.17, 15) is 9.59 Å². The minimum absolute atomic E-state index is 0.148. The summed E-state index contributed by atoms with van der Waals surface area (Å²) in [6, 6.07) is 10.7. The number of hydrogen-bond acceptors (Lipinski definition) is 4. The van der Waals surface area contributed by atoms with Crippen molar-refractivity contribution in [3.8, 4) is 0 Å². The van der Waals surface area contributed by atoms with E-state index in [1.165, 1.54) is 6.26 Å². The molecule has 0 radical (unpaired) electrons. The van der Waals surface area contributed by atoms with E-state index < -0.39 is 6.04 Å². The van der Waals surface area contributed by atoms with E-state index in [4.69, 9.17) is 4.42 Å². The van der Waals surface area contributed by atoms with Crippen LogP contribution in [0.4, 0.5) is 11.4 Å². The molecule has 1 fully saturated rings. The fourth-order valence-electron chi connectivity index (χ4n) is 3.56. The van der Waals surface area contributed by atoms with Gasteiger partial charge in [0.05, 0.1) is 6.26 Å². The van der Waals surface area contributed by atoms with Gasteiger partial charge in [-0.1, -0.05) is 0 Å². The molecule has 2 aromatic rings. The van der Waals surface area contributed by atoms with Crippen molar-refractivity contribution in [2.75, 3.05) is 29.9 Å². The van der Waals surface area contributed by atoms with Gasteiger partial charge in [-0.15, -0.1) is 0 Å². The maximum absolute atomic E-state index is 12.8. The summed E-state index contributed by atoms with van der Waals surface area (Å²) < 4.78 is 5.22. The van der Waals surface area contributed by atoms with Crippen LogP contribution in [-0.2, 0) is 4.79 Å². The molecule has 1 saturated heterocycles. The van der Waals surface area contributed by atoms with Crippen molar-refractivity contribution in [2.24, 2.45) is 0 Å². The highest BCUT2D eigenvalue weighted by atomic mass is 16.3. The van der Waals surface area contributed by atoms with Crippen molar-refractivity contribution >= 4 is 23.2 Å². The average Bonchev–Trinajstić information content (AvgIpc) is 3.24. The summed E-state index contributed by atoms with van der Waals surface area (Å²) in [5, 5.41) is 2.96. The fourth-order valence-corrected chi connectivity index (χ4v) is 3.56. The number of amides is 2. The van der Waals surface area contributed by atoms with Gasteiger partial charge in [0, 0.05) is 31.0 Å². The SMILES string of the molecule is CCN(CC)c1ccc(NC(=O)C2CCCCN2C(=O)c2ccco2)cc1. The van der Waals surface area contributed by atoms with E-state index in [1.54, 1.807) is 17.0 Å². The van der Waals surface area contributed by atoms with Crippen molar-refractivity contribution in [3.63, 3.8) is 0 Å². The molecule has 1 aliphatic heterocycles. The third kappa shape index (κ3) is 4.32. The summed E-state index contributed by atoms with van der Waals surface area (Å²) in [5.74, 6) is -0.0970. The second-order valence-corrected chi connectivity index (χ2v) is 6.70. The van der Waals surface area contributed by atoms with Gasteiger partial charge in [-0.05, 0) is 69.5 Å². The van der Waals surface area contributed by atoms with Crippen molar-refractivity contribution in [1.29, 1.82) is 0 Å². The molecule has 144 valence electrons. The van der Waals surface area contributed by atoms with Crippen LogP contribution in [0.1, 0.15) is 43.7 Å². The van der Waals surface area contributed by atoms with Crippen LogP contribution in [0.25, 0.3) is 0 Å². The smallest absolute Gasteiger partial charge is 0.290 e. The van der Waals surface area contributed by atoms with Crippen LogP contribution < -0.4 is 10.2 Å². The quantitative estimate of drug-likeness (QED) is 0.842. The lowest BCUT2D eigenvalue weighted by Gasteiger charge is -2.34. The molecule has 1 N–H and O–H groups in total. The summed E-state index contributed by atoms with van der Waals surface area (Å²) in [5.41, 5.74) is 1.87. The van der Waals surface area contributed by atoms with E-state index >= 15 is 0 Å². The zero-order valence-corrected chi connectivity index (χ0v) is 16.0. The van der Waals surface area contributed by atoms with Crippen LogP contribution in [-0.4, -0.2) is 42.4 Å². The third-order valence-electron chi connectivity index (χ3n) is 5.06. The summed E-state index contributed by atoms with van der Waals surface area (Å²) in [4.78, 5) is 29.4. The molecule has 6 nitrogen and oxygen atoms in total. The van der Waals surface area contributed by atoms with Gasteiger partial charge in [0.15, 0.2) is 5.76 Å². The molecule has 1 aromatic carbocycles. The third-order valence-corrected chi connectivity index (χ3v) is 5.06. The van der Waals surface area contributed by atoms with Crippen LogP contribution in [0.5, 0.6) is 0 Å². The molecular weight excluding hydrogens is 342 g/mol. The number of nitrogens with zero attached hydrogens (tertiary/aromatic N) is 2. The molecule has 0 bridgehead atoms. The molecule has 2 amide bonds. The van der Waals surface area contributed by atoms with E-state index in [2.05, 4.69) is 24.1 Å². The number of rotatable bonds is 6. The lowest BCUT2D eigenvalue weighted by molar-refractivity contribution is -0.121. The van der Waals surface area contributed by atoms with Crippen molar-refractivity contribution in [3.05, 3.63) is 48.4 Å². The molecule has 1 unspecified atom stereocenters. The highest BCUT2D eigenvalue weighted by molar-refractivity contribution is 6.00. The Morgan fingerprint density at radius 1 is 1.15 bits per heavy atom. The Morgan fingerprint density at radius 2 is 1.89 bits per heavy atom. The van der Waals surface area contributed by atoms with E-state index in [0.29, 0.717) is 13.0 Å². The van der Waals surface area contributed by atoms with E-state index in [0.717, 1.165) is 37.3 Å². The summed E-state index contributed by atoms with van der Waals surface area (Å²) in [6.45, 7) is 6.68. The fraction of sp³-hybridized carbons (Fsp3) is 0.429. The topological polar surface area (TPSA) is 65.8 Å². The Balaban J connectivity index is 1.69. The summed E-state index contributed by atoms with van der Waals surface area (Å²) in [6.07, 6.45) is 3.97. The molecule has 1 aromatic heterocycles. The Morgan fingerprint density at radius 3 is 2.52 bits per heavy atom. The molecule has 0 saturated carbocycles. The molecule has 0 spiro atoms. The number of hydrogen-bond donors (Lipinski definition) is 1. The van der Waals surface area contributed by atoms with Crippen molar-refractivity contribution < 1.29 is 14.0 Å². The van der Waals surface area contributed by atoms with Crippen molar-refractivity contribution in [2.45, 2.75) is 39.2 Å². The van der Waals surface area contributed by atoms with E-state index in [-0.39, 0.29) is 17.6 Å². The first kappa shape index (κ1) is 19.0. The number of piperidine rings is 1. The molecule has 27 heavy (non-hydrogen) atoms. The van der Waals surface area contributed by atoms with Gasteiger partial charge in [-0.3, -0.25) is 9.59 Å². The zero-order valence-electron chi connectivity index (χ0n) is 16.0. The largest absolute Gasteiger partial charge is 0.459 e. The van der Waals surface area contributed by atoms with Crippen LogP contribution in [0.2, 0.25) is 0 Å². The Kier molecular flexibility index (Phi) is 6.16. The van der Waals surface area contributed by atoms with Gasteiger partial charge in [0.1, 0.15) is 6.04 Å². The summed E-state index contributed by atoms with van der Waals surface area (Å²) >= 11 is 0. The molecular formula is C21H27N3O3. The first-order chi connectivity index (χ1) is 13.1. The molecule has 2 heterocycles. The minimum Gasteiger partial charge on any atom is -0.459 e. The van der Waals surface area contributed by atoms with Crippen LogP contribution >= 0.6 is 0 Å². The lowest BCUT2D eigenvalue weighted by Crippen LogP contribution is -2.49. The molecule has 0 aliphatic carbocycles. The average molecular weight is 369 g/mol. The van der Waals surface area contributed by atoms with Gasteiger partial charge < -0.3 is 19.5 Å². The van der Waals surface area contributed by atoms with Gasteiger partial charge in [-0.2, -0.15) is 0 Å². The number of benzene rings is 1. The number of nitrogens with one attached hydrogen (secondary N) is 1. The number of anilines is 2. The van der Waals surface area contributed by atoms with Gasteiger partial charge in [-0.25, -0.2) is 0 Å². The predicted octanol–water partition coefficient (Wildman–Crippen LogP) is 3.76. The number of carbonyl (C=O) groups is 2. The lowest BCUT2D eigenvalue weighted by atomic mass is 10.0. The Bertz CT molecular complexity index is 751. The highest BCUT2D eigenvalue weighted by Gasteiger charge is 2.33. The standard InChI is InChI=1S/C21H27N3O3/c1-3-23(4-2)17-12-10-16(11-13-17)22-20(25)18-8-5-6-14-24(18)21(26)19-9-7-15-27-19/h7,9-13,15,18H,3-6,8,14H2,1-2H3,(H,22,25). The van der Waals surface area contributed by atoms with Crippen LogP contribution in [0, 0.1) is 0 Å². The highest BCUT2D eigenvalue weighted by Crippen LogP contribution is 2.23. The van der Waals surface area contributed by atoms with Gasteiger partial charge in [0.25, 0.3) is 5.91 Å². The first-order valence-corrected chi connectivity index (χ1v) is 9.64. The molecule has 6 heteroatoms. The predicted molar refractivity (Wildman–Crippen MR) is 106 cm³/mol. The van der Waals surface area contributed by atoms with Crippen LogP contribution in [0.3, 0.4) is 0 Å². The van der Waals surface area contributed by atoms with Crippen molar-refractivity contribution in [1.82, 2.24) is 4.90 Å². The second-order valence-electron chi connectivity index (χ2n) is 6.70. The minimum atomic E-state index is -0.473. The number of likely N-dealkylation sites (tertiary alicyclic amines) is 1. The maximum Gasteiger partial charge on any atom is 0.290 e. The second kappa shape index (κ2) is 8.75.